The van der Waals surface area contributed by atoms with Gasteiger partial charge in [0.05, 0.1) is 16.6 Å². The van der Waals surface area contributed by atoms with Crippen LogP contribution >= 0.6 is 0 Å². The number of allylic oxidation sites excluding steroid dienone is 1. The molecule has 0 atom stereocenters. The van der Waals surface area contributed by atoms with E-state index in [1.807, 2.05) is 18.2 Å². The molecule has 0 amide bonds. The molecule has 0 fully saturated rings. The predicted octanol–water partition coefficient (Wildman–Crippen LogP) is 2.20. The van der Waals surface area contributed by atoms with Crippen molar-refractivity contribution >= 4 is 17.0 Å². The van der Waals surface area contributed by atoms with Crippen LogP contribution in [0.15, 0.2) is 30.1 Å². The maximum absolute atomic E-state index is 10.5. The van der Waals surface area contributed by atoms with Crippen molar-refractivity contribution in [1.29, 1.82) is 0 Å². The summed E-state index contributed by atoms with van der Waals surface area (Å²) in [6, 6.07) is 5.53. The third-order valence-corrected chi connectivity index (χ3v) is 2.17. The lowest BCUT2D eigenvalue weighted by molar-refractivity contribution is -0.422. The monoisotopic (exact) mass is 203 g/mol. The average Bonchev–Trinajstić information content (AvgIpc) is 2.66. The molecule has 1 N–H and O–H groups in total. The minimum atomic E-state index is -0.404. The summed E-state index contributed by atoms with van der Waals surface area (Å²) in [5, 5.41) is 18.1. The molecule has 5 nitrogen and oxygen atoms in total. The number of nitro groups is 1. The van der Waals surface area contributed by atoms with Crippen LogP contribution in [0, 0.1) is 10.1 Å². The topological polar surface area (TPSA) is 71.8 Å². The van der Waals surface area contributed by atoms with E-state index >= 15 is 0 Å². The number of hydrogen-bond donors (Lipinski definition) is 1. The van der Waals surface area contributed by atoms with E-state index in [1.165, 1.54) is 13.0 Å². The second kappa shape index (κ2) is 3.53. The Kier molecular flexibility index (Phi) is 2.21. The number of nitrogens with zero attached hydrogens (tertiary/aromatic N) is 2. The maximum Gasteiger partial charge on any atom is 0.243 e. The zero-order valence-corrected chi connectivity index (χ0v) is 8.10. The highest BCUT2D eigenvalue weighted by Crippen LogP contribution is 2.18. The molecule has 0 aliphatic carbocycles. The van der Waals surface area contributed by atoms with Crippen LogP contribution in [0.5, 0.6) is 0 Å². The van der Waals surface area contributed by atoms with Crippen molar-refractivity contribution < 1.29 is 4.92 Å². The Labute approximate surface area is 85.6 Å². The number of H-pyrrole nitrogens is 1. The van der Waals surface area contributed by atoms with Crippen LogP contribution in [-0.4, -0.2) is 15.1 Å². The molecule has 1 aromatic carbocycles. The Morgan fingerprint density at radius 2 is 2.40 bits per heavy atom. The molecule has 0 aliphatic heterocycles. The van der Waals surface area contributed by atoms with Gasteiger partial charge in [-0.3, -0.25) is 15.2 Å². The largest absolute Gasteiger partial charge is 0.278 e. The van der Waals surface area contributed by atoms with Gasteiger partial charge in [0.25, 0.3) is 0 Å². The minimum Gasteiger partial charge on any atom is -0.278 e. The standard InChI is InChI=1S/C10H9N3O2/c1-7(13(14)15)5-8-3-2-4-10-9(8)6-11-12-10/h2-6H,1H3,(H,11,12)/b7-5-. The summed E-state index contributed by atoms with van der Waals surface area (Å²) in [6.45, 7) is 1.47. The normalized spacial score (nSPS) is 11.9. The van der Waals surface area contributed by atoms with Crippen molar-refractivity contribution in [1.82, 2.24) is 10.2 Å². The lowest BCUT2D eigenvalue weighted by Crippen LogP contribution is -1.92. The summed E-state index contributed by atoms with van der Waals surface area (Å²) in [4.78, 5) is 10.1. The van der Waals surface area contributed by atoms with Gasteiger partial charge < -0.3 is 0 Å². The van der Waals surface area contributed by atoms with Crippen molar-refractivity contribution in [2.75, 3.05) is 0 Å². The van der Waals surface area contributed by atoms with Crippen molar-refractivity contribution in [3.05, 3.63) is 45.8 Å². The van der Waals surface area contributed by atoms with E-state index in [9.17, 15) is 10.1 Å². The van der Waals surface area contributed by atoms with Gasteiger partial charge in [0.1, 0.15) is 0 Å². The first-order valence-electron chi connectivity index (χ1n) is 4.43. The van der Waals surface area contributed by atoms with Crippen LogP contribution < -0.4 is 0 Å². The summed E-state index contributed by atoms with van der Waals surface area (Å²) in [5.41, 5.74) is 1.79. The van der Waals surface area contributed by atoms with E-state index in [0.717, 1.165) is 16.5 Å². The van der Waals surface area contributed by atoms with Crippen LogP contribution in [-0.2, 0) is 0 Å². The van der Waals surface area contributed by atoms with E-state index in [0.29, 0.717) is 0 Å². The molecule has 5 heteroatoms. The van der Waals surface area contributed by atoms with E-state index in [1.54, 1.807) is 6.20 Å². The fourth-order valence-corrected chi connectivity index (χ4v) is 1.39. The van der Waals surface area contributed by atoms with Gasteiger partial charge in [-0.25, -0.2) is 0 Å². The first-order valence-corrected chi connectivity index (χ1v) is 4.43. The van der Waals surface area contributed by atoms with Gasteiger partial charge in [-0.2, -0.15) is 5.10 Å². The number of rotatable bonds is 2. The zero-order valence-electron chi connectivity index (χ0n) is 8.10. The molecule has 2 rings (SSSR count). The Balaban J connectivity index is 2.57. The molecule has 0 radical (unpaired) electrons. The third-order valence-electron chi connectivity index (χ3n) is 2.17. The van der Waals surface area contributed by atoms with Crippen LogP contribution in [0.2, 0.25) is 0 Å². The molecule has 1 aromatic heterocycles. The van der Waals surface area contributed by atoms with Gasteiger partial charge in [-0.1, -0.05) is 12.1 Å². The number of fused-ring (bicyclic) bond motifs is 1. The smallest absolute Gasteiger partial charge is 0.243 e. The maximum atomic E-state index is 10.5. The molecular formula is C10H9N3O2. The summed E-state index contributed by atoms with van der Waals surface area (Å²) in [6.07, 6.45) is 3.20. The number of aromatic nitrogens is 2. The van der Waals surface area contributed by atoms with Gasteiger partial charge in [0.2, 0.25) is 5.70 Å². The SMILES string of the molecule is C/C(=C/c1cccc2[nH]ncc12)[N+](=O)[O-]. The molecule has 0 saturated carbocycles. The number of nitrogens with one attached hydrogen (secondary N) is 1. The van der Waals surface area contributed by atoms with Crippen LogP contribution in [0.4, 0.5) is 0 Å². The molecular weight excluding hydrogens is 194 g/mol. The molecule has 76 valence electrons. The Hall–Kier alpha value is -2.17. The lowest BCUT2D eigenvalue weighted by atomic mass is 10.1. The van der Waals surface area contributed by atoms with Crippen molar-refractivity contribution in [3.8, 4) is 0 Å². The summed E-state index contributed by atoms with van der Waals surface area (Å²) >= 11 is 0. The highest BCUT2D eigenvalue weighted by molar-refractivity contribution is 5.87. The molecule has 0 saturated heterocycles. The quantitative estimate of drug-likeness (QED) is 0.600. The number of benzene rings is 1. The van der Waals surface area contributed by atoms with E-state index < -0.39 is 4.92 Å². The first kappa shape index (κ1) is 9.39. The first-order chi connectivity index (χ1) is 7.18. The van der Waals surface area contributed by atoms with Gasteiger partial charge in [-0.15, -0.1) is 0 Å². The van der Waals surface area contributed by atoms with Crippen molar-refractivity contribution in [3.63, 3.8) is 0 Å². The molecule has 15 heavy (non-hydrogen) atoms. The van der Waals surface area contributed by atoms with E-state index in [-0.39, 0.29) is 5.70 Å². The van der Waals surface area contributed by atoms with Gasteiger partial charge in [0.15, 0.2) is 0 Å². The van der Waals surface area contributed by atoms with Crippen LogP contribution in [0.3, 0.4) is 0 Å². The predicted molar refractivity (Wildman–Crippen MR) is 56.7 cm³/mol. The Morgan fingerprint density at radius 3 is 3.13 bits per heavy atom. The molecule has 0 bridgehead atoms. The number of hydrogen-bond acceptors (Lipinski definition) is 3. The van der Waals surface area contributed by atoms with Crippen LogP contribution in [0.25, 0.3) is 17.0 Å². The molecule has 1 heterocycles. The average molecular weight is 203 g/mol. The van der Waals surface area contributed by atoms with E-state index in [2.05, 4.69) is 10.2 Å². The fourth-order valence-electron chi connectivity index (χ4n) is 1.39. The van der Waals surface area contributed by atoms with Gasteiger partial charge in [-0.05, 0) is 11.6 Å². The van der Waals surface area contributed by atoms with Crippen molar-refractivity contribution in [2.45, 2.75) is 6.92 Å². The third kappa shape index (κ3) is 1.71. The molecule has 0 aliphatic rings. The highest BCUT2D eigenvalue weighted by Gasteiger charge is 2.05. The van der Waals surface area contributed by atoms with Crippen LogP contribution in [0.1, 0.15) is 12.5 Å². The lowest BCUT2D eigenvalue weighted by Gasteiger charge is -1.95. The minimum absolute atomic E-state index is 0.115. The fraction of sp³-hybridized carbons (Fsp3) is 0.100. The summed E-state index contributed by atoms with van der Waals surface area (Å²) < 4.78 is 0. The second-order valence-electron chi connectivity index (χ2n) is 3.22. The zero-order chi connectivity index (χ0) is 10.8. The molecule has 2 aromatic rings. The Morgan fingerprint density at radius 1 is 1.60 bits per heavy atom. The number of aromatic amines is 1. The van der Waals surface area contributed by atoms with E-state index in [4.69, 9.17) is 0 Å². The highest BCUT2D eigenvalue weighted by atomic mass is 16.6. The summed E-state index contributed by atoms with van der Waals surface area (Å²) in [5.74, 6) is 0. The Bertz CT molecular complexity index is 542. The molecule has 0 unspecified atom stereocenters. The second-order valence-corrected chi connectivity index (χ2v) is 3.22. The molecule has 0 spiro atoms. The summed E-state index contributed by atoms with van der Waals surface area (Å²) in [7, 11) is 0. The van der Waals surface area contributed by atoms with Gasteiger partial charge in [0, 0.05) is 18.4 Å². The van der Waals surface area contributed by atoms with Crippen molar-refractivity contribution in [2.24, 2.45) is 0 Å². The van der Waals surface area contributed by atoms with Gasteiger partial charge >= 0.3 is 0 Å².